The summed E-state index contributed by atoms with van der Waals surface area (Å²) >= 11 is 0. The molecular weight excluding hydrogens is 280 g/mol. The second-order valence-corrected chi connectivity index (χ2v) is 6.66. The molecular formula is C12H22N4O3S. The van der Waals surface area contributed by atoms with Crippen LogP contribution in [0.1, 0.15) is 35.1 Å². The molecule has 0 saturated carbocycles. The minimum Gasteiger partial charge on any atom is -0.352 e. The lowest BCUT2D eigenvalue weighted by molar-refractivity contribution is 0.0951. The molecule has 1 aromatic heterocycles. The lowest BCUT2D eigenvalue weighted by Gasteiger charge is -2.17. The molecule has 0 bridgehead atoms. The van der Waals surface area contributed by atoms with E-state index in [2.05, 4.69) is 15.5 Å². The lowest BCUT2D eigenvalue weighted by Crippen LogP contribution is -2.33. The number of carbonyl (C=O) groups is 1. The van der Waals surface area contributed by atoms with Crippen LogP contribution in [0.4, 0.5) is 0 Å². The zero-order valence-corrected chi connectivity index (χ0v) is 13.2. The van der Waals surface area contributed by atoms with Gasteiger partial charge < -0.3 is 5.32 Å². The van der Waals surface area contributed by atoms with Crippen molar-refractivity contribution >= 4 is 15.9 Å². The fourth-order valence-electron chi connectivity index (χ4n) is 1.99. The van der Waals surface area contributed by atoms with Crippen molar-refractivity contribution in [2.45, 2.75) is 27.2 Å². The first-order valence-electron chi connectivity index (χ1n) is 6.52. The molecule has 20 heavy (non-hydrogen) atoms. The predicted molar refractivity (Wildman–Crippen MR) is 77.1 cm³/mol. The van der Waals surface area contributed by atoms with Gasteiger partial charge in [-0.15, -0.1) is 0 Å². The maximum atomic E-state index is 12.0. The minimum atomic E-state index is -3.17. The maximum absolute atomic E-state index is 12.0. The van der Waals surface area contributed by atoms with Crippen LogP contribution >= 0.6 is 0 Å². The average Bonchev–Trinajstić information content (AvgIpc) is 2.67. The zero-order chi connectivity index (χ0) is 15.3. The second kappa shape index (κ2) is 6.85. The Hall–Kier alpha value is -1.41. The normalized spacial score (nSPS) is 11.8. The number of nitrogens with one attached hydrogen (secondary N) is 2. The molecule has 0 aromatic carbocycles. The molecule has 0 unspecified atom stereocenters. The summed E-state index contributed by atoms with van der Waals surface area (Å²) in [5.74, 6) is -0.184. The SMILES string of the molecule is CCN(CCCNC(=O)c1c(C)n[nH]c1C)S(C)(=O)=O. The molecule has 1 amide bonds. The molecule has 1 heterocycles. The second-order valence-electron chi connectivity index (χ2n) is 4.67. The third kappa shape index (κ3) is 4.31. The van der Waals surface area contributed by atoms with Gasteiger partial charge in [0.1, 0.15) is 0 Å². The highest BCUT2D eigenvalue weighted by Gasteiger charge is 2.16. The van der Waals surface area contributed by atoms with Gasteiger partial charge >= 0.3 is 0 Å². The van der Waals surface area contributed by atoms with Gasteiger partial charge in [0.05, 0.1) is 17.5 Å². The highest BCUT2D eigenvalue weighted by molar-refractivity contribution is 7.88. The number of aromatic amines is 1. The monoisotopic (exact) mass is 302 g/mol. The first-order chi connectivity index (χ1) is 9.27. The van der Waals surface area contributed by atoms with Crippen molar-refractivity contribution in [3.05, 3.63) is 17.0 Å². The van der Waals surface area contributed by atoms with E-state index in [1.54, 1.807) is 20.8 Å². The number of carbonyl (C=O) groups excluding carboxylic acids is 1. The summed E-state index contributed by atoms with van der Waals surface area (Å²) < 4.78 is 24.2. The van der Waals surface area contributed by atoms with Crippen LogP contribution in [0.15, 0.2) is 0 Å². The molecule has 0 aliphatic heterocycles. The van der Waals surface area contributed by atoms with E-state index in [-0.39, 0.29) is 5.91 Å². The van der Waals surface area contributed by atoms with Gasteiger partial charge in [0.15, 0.2) is 0 Å². The van der Waals surface area contributed by atoms with Gasteiger partial charge in [-0.25, -0.2) is 12.7 Å². The van der Waals surface area contributed by atoms with Gasteiger partial charge in [-0.1, -0.05) is 6.92 Å². The fraction of sp³-hybridized carbons (Fsp3) is 0.667. The van der Waals surface area contributed by atoms with E-state index in [0.717, 1.165) is 5.69 Å². The molecule has 0 aliphatic carbocycles. The Morgan fingerprint density at radius 1 is 1.40 bits per heavy atom. The quantitative estimate of drug-likeness (QED) is 0.714. The predicted octanol–water partition coefficient (Wildman–Crippen LogP) is 0.428. The smallest absolute Gasteiger partial charge is 0.255 e. The van der Waals surface area contributed by atoms with E-state index in [1.165, 1.54) is 10.6 Å². The third-order valence-corrected chi connectivity index (χ3v) is 4.43. The van der Waals surface area contributed by atoms with Crippen molar-refractivity contribution < 1.29 is 13.2 Å². The van der Waals surface area contributed by atoms with E-state index in [9.17, 15) is 13.2 Å². The zero-order valence-electron chi connectivity index (χ0n) is 12.4. The van der Waals surface area contributed by atoms with Crippen LogP contribution in [0.2, 0.25) is 0 Å². The summed E-state index contributed by atoms with van der Waals surface area (Å²) in [5.41, 5.74) is 1.94. The van der Waals surface area contributed by atoms with Crippen molar-refractivity contribution in [3.63, 3.8) is 0 Å². The Labute approximate surface area is 119 Å². The van der Waals surface area contributed by atoms with Crippen molar-refractivity contribution in [1.82, 2.24) is 19.8 Å². The van der Waals surface area contributed by atoms with Crippen molar-refractivity contribution in [3.8, 4) is 0 Å². The topological polar surface area (TPSA) is 95.2 Å². The Kier molecular flexibility index (Phi) is 5.70. The molecule has 114 valence electrons. The van der Waals surface area contributed by atoms with E-state index >= 15 is 0 Å². The highest BCUT2D eigenvalue weighted by atomic mass is 32.2. The van der Waals surface area contributed by atoms with Crippen LogP contribution in [-0.4, -0.2) is 54.7 Å². The van der Waals surface area contributed by atoms with Crippen LogP contribution < -0.4 is 5.32 Å². The van der Waals surface area contributed by atoms with Gasteiger partial charge in [-0.2, -0.15) is 5.10 Å². The number of nitrogens with zero attached hydrogens (tertiary/aromatic N) is 2. The van der Waals surface area contributed by atoms with Crippen LogP contribution in [-0.2, 0) is 10.0 Å². The molecule has 1 rings (SSSR count). The number of hydrogen-bond acceptors (Lipinski definition) is 4. The van der Waals surface area contributed by atoms with Gasteiger partial charge in [-0.3, -0.25) is 9.89 Å². The Morgan fingerprint density at radius 3 is 2.50 bits per heavy atom. The first kappa shape index (κ1) is 16.6. The van der Waals surface area contributed by atoms with E-state index < -0.39 is 10.0 Å². The van der Waals surface area contributed by atoms with Crippen LogP contribution in [0.5, 0.6) is 0 Å². The largest absolute Gasteiger partial charge is 0.352 e. The van der Waals surface area contributed by atoms with Gasteiger partial charge in [0.2, 0.25) is 10.0 Å². The summed E-state index contributed by atoms with van der Waals surface area (Å²) in [5, 5.41) is 9.50. The van der Waals surface area contributed by atoms with Crippen LogP contribution in [0.25, 0.3) is 0 Å². The third-order valence-electron chi connectivity index (χ3n) is 3.05. The molecule has 0 spiro atoms. The standard InChI is InChI=1S/C12H22N4O3S/c1-5-16(20(4,18)19)8-6-7-13-12(17)11-9(2)14-15-10(11)3/h5-8H2,1-4H3,(H,13,17)(H,14,15). The summed E-state index contributed by atoms with van der Waals surface area (Å²) in [4.78, 5) is 12.0. The summed E-state index contributed by atoms with van der Waals surface area (Å²) in [6, 6.07) is 0. The number of sulfonamides is 1. The van der Waals surface area contributed by atoms with E-state index in [0.29, 0.717) is 37.3 Å². The van der Waals surface area contributed by atoms with Gasteiger partial charge in [0, 0.05) is 25.3 Å². The number of aromatic nitrogens is 2. The Balaban J connectivity index is 2.44. The van der Waals surface area contributed by atoms with Crippen molar-refractivity contribution in [2.75, 3.05) is 25.9 Å². The Morgan fingerprint density at radius 2 is 2.05 bits per heavy atom. The highest BCUT2D eigenvalue weighted by Crippen LogP contribution is 2.08. The molecule has 0 radical (unpaired) electrons. The van der Waals surface area contributed by atoms with Gasteiger partial charge in [0.25, 0.3) is 5.91 Å². The number of hydrogen-bond donors (Lipinski definition) is 2. The molecule has 7 nitrogen and oxygen atoms in total. The number of rotatable bonds is 7. The summed E-state index contributed by atoms with van der Waals surface area (Å²) in [6.07, 6.45) is 1.76. The first-order valence-corrected chi connectivity index (χ1v) is 8.37. The average molecular weight is 302 g/mol. The molecule has 0 aliphatic rings. The van der Waals surface area contributed by atoms with E-state index in [4.69, 9.17) is 0 Å². The molecule has 0 fully saturated rings. The molecule has 2 N–H and O–H groups in total. The lowest BCUT2D eigenvalue weighted by atomic mass is 10.2. The minimum absolute atomic E-state index is 0.184. The van der Waals surface area contributed by atoms with Crippen LogP contribution in [0, 0.1) is 13.8 Å². The number of amides is 1. The maximum Gasteiger partial charge on any atom is 0.255 e. The molecule has 8 heteroatoms. The fourth-order valence-corrected chi connectivity index (χ4v) is 2.92. The Bertz CT molecular complexity index is 546. The number of aryl methyl sites for hydroxylation is 2. The summed E-state index contributed by atoms with van der Waals surface area (Å²) in [6.45, 7) is 6.61. The van der Waals surface area contributed by atoms with Crippen molar-refractivity contribution in [1.29, 1.82) is 0 Å². The molecule has 0 saturated heterocycles. The molecule has 1 aromatic rings. The summed E-state index contributed by atoms with van der Waals surface area (Å²) in [7, 11) is -3.17. The van der Waals surface area contributed by atoms with Crippen molar-refractivity contribution in [2.24, 2.45) is 0 Å². The van der Waals surface area contributed by atoms with Crippen LogP contribution in [0.3, 0.4) is 0 Å². The number of H-pyrrole nitrogens is 1. The van der Waals surface area contributed by atoms with Gasteiger partial charge in [-0.05, 0) is 20.3 Å². The molecule has 0 atom stereocenters. The van der Waals surface area contributed by atoms with E-state index in [1.807, 2.05) is 0 Å².